The second-order valence-corrected chi connectivity index (χ2v) is 8.81. The Balaban J connectivity index is 2.26. The molecule has 6 heteroatoms. The van der Waals surface area contributed by atoms with Gasteiger partial charge in [-0.1, -0.05) is 6.92 Å². The summed E-state index contributed by atoms with van der Waals surface area (Å²) in [5.41, 5.74) is 1.13. The average molecular weight is 648 g/mol. The van der Waals surface area contributed by atoms with Crippen LogP contribution >= 0.6 is 67.8 Å². The number of hydrogen-bond acceptors (Lipinski definition) is 3. The number of rotatable bonds is 5. The van der Waals surface area contributed by atoms with Crippen LogP contribution in [0, 0.1) is 16.6 Å². The van der Waals surface area contributed by atoms with Crippen molar-refractivity contribution in [2.24, 2.45) is 5.92 Å². The van der Waals surface area contributed by atoms with Crippen molar-refractivity contribution >= 4 is 73.6 Å². The molecule has 0 aliphatic heterocycles. The van der Waals surface area contributed by atoms with Crippen LogP contribution < -0.4 is 4.74 Å². The molecule has 0 radical (unpaired) electrons. The first-order valence-corrected chi connectivity index (χ1v) is 10.2. The summed E-state index contributed by atoms with van der Waals surface area (Å²) in [6.45, 7) is 3.58. The van der Waals surface area contributed by atoms with Crippen molar-refractivity contribution in [3.63, 3.8) is 0 Å². The summed E-state index contributed by atoms with van der Waals surface area (Å²) in [6.07, 6.45) is 0.735. The van der Waals surface area contributed by atoms with Gasteiger partial charge in [-0.25, -0.2) is 0 Å². The van der Waals surface area contributed by atoms with Gasteiger partial charge in [0.25, 0.3) is 0 Å². The standard InChI is InChI=1S/C17H15I3O3/c1-9(10(2)21)5-11-6-14(19)17(15(20)7-11)23-12-3-4-16(22)13(18)8-12/h3-4,6-9,22H,5H2,1-2H3. The van der Waals surface area contributed by atoms with Crippen LogP contribution in [0.25, 0.3) is 0 Å². The number of hydrogen-bond donors (Lipinski definition) is 1. The van der Waals surface area contributed by atoms with E-state index in [9.17, 15) is 9.90 Å². The molecular weight excluding hydrogens is 633 g/mol. The number of carbonyl (C=O) groups is 1. The van der Waals surface area contributed by atoms with E-state index in [2.05, 4.69) is 79.9 Å². The van der Waals surface area contributed by atoms with E-state index in [0.29, 0.717) is 5.75 Å². The fourth-order valence-corrected chi connectivity index (χ4v) is 4.60. The minimum atomic E-state index is 0.0204. The van der Waals surface area contributed by atoms with Crippen LogP contribution in [0.3, 0.4) is 0 Å². The third-order valence-electron chi connectivity index (χ3n) is 3.43. The molecule has 1 N–H and O–H groups in total. The second kappa shape index (κ2) is 8.32. The Bertz CT molecular complexity index is 721. The molecule has 0 aliphatic rings. The Hall–Kier alpha value is -0.100. The number of phenols is 1. The molecular formula is C17H15I3O3. The first-order chi connectivity index (χ1) is 10.8. The molecule has 2 aromatic carbocycles. The zero-order valence-electron chi connectivity index (χ0n) is 12.6. The van der Waals surface area contributed by atoms with Gasteiger partial charge < -0.3 is 9.84 Å². The molecule has 0 bridgehead atoms. The van der Waals surface area contributed by atoms with Crippen molar-refractivity contribution in [1.29, 1.82) is 0 Å². The first-order valence-electron chi connectivity index (χ1n) is 6.92. The number of ketones is 1. The van der Waals surface area contributed by atoms with E-state index in [0.717, 1.165) is 28.4 Å². The number of aromatic hydroxyl groups is 1. The topological polar surface area (TPSA) is 46.5 Å². The Morgan fingerprint density at radius 2 is 1.74 bits per heavy atom. The summed E-state index contributed by atoms with van der Waals surface area (Å²) < 4.78 is 8.74. The summed E-state index contributed by atoms with van der Waals surface area (Å²) >= 11 is 6.57. The molecule has 0 heterocycles. The molecule has 0 spiro atoms. The summed E-state index contributed by atoms with van der Waals surface area (Å²) in [5.74, 6) is 1.96. The number of benzene rings is 2. The van der Waals surface area contributed by atoms with Crippen LogP contribution in [0.5, 0.6) is 17.2 Å². The molecule has 0 saturated heterocycles. The monoisotopic (exact) mass is 648 g/mol. The van der Waals surface area contributed by atoms with Crippen molar-refractivity contribution in [1.82, 2.24) is 0 Å². The largest absolute Gasteiger partial charge is 0.507 e. The lowest BCUT2D eigenvalue weighted by Crippen LogP contribution is -2.10. The summed E-state index contributed by atoms with van der Waals surface area (Å²) in [5, 5.41) is 9.59. The van der Waals surface area contributed by atoms with Crippen molar-refractivity contribution in [3.8, 4) is 17.2 Å². The number of carbonyl (C=O) groups excluding carboxylic acids is 1. The van der Waals surface area contributed by atoms with Crippen LogP contribution in [0.15, 0.2) is 30.3 Å². The molecule has 0 amide bonds. The third kappa shape index (κ3) is 5.18. The van der Waals surface area contributed by atoms with E-state index < -0.39 is 0 Å². The summed E-state index contributed by atoms with van der Waals surface area (Å²) in [7, 11) is 0. The maximum Gasteiger partial charge on any atom is 0.154 e. The molecule has 0 aromatic heterocycles. The maximum atomic E-state index is 11.4. The predicted molar refractivity (Wildman–Crippen MR) is 116 cm³/mol. The van der Waals surface area contributed by atoms with Gasteiger partial charge in [0.05, 0.1) is 10.7 Å². The van der Waals surface area contributed by atoms with E-state index in [-0.39, 0.29) is 17.5 Å². The second-order valence-electron chi connectivity index (χ2n) is 5.32. The smallest absolute Gasteiger partial charge is 0.154 e. The van der Waals surface area contributed by atoms with E-state index in [4.69, 9.17) is 4.74 Å². The molecule has 122 valence electrons. The Kier molecular flexibility index (Phi) is 6.96. The fraction of sp³-hybridized carbons (Fsp3) is 0.235. The number of ether oxygens (including phenoxy) is 1. The molecule has 1 unspecified atom stereocenters. The Morgan fingerprint density at radius 1 is 1.13 bits per heavy atom. The van der Waals surface area contributed by atoms with Crippen molar-refractivity contribution in [3.05, 3.63) is 46.6 Å². The van der Waals surface area contributed by atoms with Crippen LogP contribution in [-0.2, 0) is 11.2 Å². The molecule has 0 fully saturated rings. The number of Topliss-reactive ketones (excluding diaryl/α,β-unsaturated/α-hetero) is 1. The highest BCUT2D eigenvalue weighted by Crippen LogP contribution is 2.35. The van der Waals surface area contributed by atoms with Gasteiger partial charge in [0, 0.05) is 5.92 Å². The average Bonchev–Trinajstić information content (AvgIpc) is 2.46. The zero-order chi connectivity index (χ0) is 17.1. The SMILES string of the molecule is CC(=O)C(C)Cc1cc(I)c(Oc2ccc(O)c(I)c2)c(I)c1. The first kappa shape index (κ1) is 19.2. The molecule has 1 atom stereocenters. The van der Waals surface area contributed by atoms with Crippen LogP contribution in [0.1, 0.15) is 19.4 Å². The van der Waals surface area contributed by atoms with Gasteiger partial charge in [-0.3, -0.25) is 4.79 Å². The molecule has 23 heavy (non-hydrogen) atoms. The quantitative estimate of drug-likeness (QED) is 0.420. The zero-order valence-corrected chi connectivity index (χ0v) is 19.0. The molecule has 0 aliphatic carbocycles. The molecule has 3 nitrogen and oxygen atoms in total. The highest BCUT2D eigenvalue weighted by molar-refractivity contribution is 14.1. The van der Waals surface area contributed by atoms with Crippen molar-refractivity contribution < 1.29 is 14.6 Å². The lowest BCUT2D eigenvalue weighted by Gasteiger charge is -2.14. The maximum absolute atomic E-state index is 11.4. The number of phenolic OH excluding ortho intramolecular Hbond substituents is 1. The molecule has 0 saturated carbocycles. The van der Waals surface area contributed by atoms with Crippen LogP contribution in [0.4, 0.5) is 0 Å². The number of halogens is 3. The van der Waals surface area contributed by atoms with E-state index in [1.165, 1.54) is 0 Å². The third-order valence-corrected chi connectivity index (χ3v) is 5.90. The van der Waals surface area contributed by atoms with Crippen LogP contribution in [0.2, 0.25) is 0 Å². The fourth-order valence-electron chi connectivity index (χ4n) is 1.99. The van der Waals surface area contributed by atoms with E-state index >= 15 is 0 Å². The van der Waals surface area contributed by atoms with Crippen molar-refractivity contribution in [2.45, 2.75) is 20.3 Å². The molecule has 2 rings (SSSR count). The lowest BCUT2D eigenvalue weighted by molar-refractivity contribution is -0.120. The Labute approximate surface area is 176 Å². The van der Waals surface area contributed by atoms with Gasteiger partial charge in [0.15, 0.2) is 5.75 Å². The lowest BCUT2D eigenvalue weighted by atomic mass is 9.98. The Morgan fingerprint density at radius 3 is 2.26 bits per heavy atom. The van der Waals surface area contributed by atoms with Gasteiger partial charge in [0.2, 0.25) is 0 Å². The van der Waals surface area contributed by atoms with Crippen molar-refractivity contribution in [2.75, 3.05) is 0 Å². The minimum Gasteiger partial charge on any atom is -0.507 e. The van der Waals surface area contributed by atoms with Gasteiger partial charge in [-0.15, -0.1) is 0 Å². The van der Waals surface area contributed by atoms with Crippen LogP contribution in [-0.4, -0.2) is 10.9 Å². The summed E-state index contributed by atoms with van der Waals surface area (Å²) in [4.78, 5) is 11.4. The summed E-state index contributed by atoms with van der Waals surface area (Å²) in [6, 6.07) is 9.29. The minimum absolute atomic E-state index is 0.0204. The van der Waals surface area contributed by atoms with Gasteiger partial charge in [-0.2, -0.15) is 0 Å². The van der Waals surface area contributed by atoms with E-state index in [1.54, 1.807) is 25.1 Å². The predicted octanol–water partition coefficient (Wildman–Crippen LogP) is 5.77. The van der Waals surface area contributed by atoms with Gasteiger partial charge in [-0.05, 0) is 117 Å². The van der Waals surface area contributed by atoms with Gasteiger partial charge in [0.1, 0.15) is 17.3 Å². The van der Waals surface area contributed by atoms with E-state index in [1.807, 2.05) is 6.92 Å². The normalized spacial score (nSPS) is 12.0. The highest BCUT2D eigenvalue weighted by Gasteiger charge is 2.14. The molecule has 2 aromatic rings. The van der Waals surface area contributed by atoms with Gasteiger partial charge >= 0.3 is 0 Å². The highest BCUT2D eigenvalue weighted by atomic mass is 127.